The van der Waals surface area contributed by atoms with Gasteiger partial charge in [-0.1, -0.05) is 37.3 Å². The SMILES string of the molecule is C[C@H](NC(=O)c1ccoc1)C(=O)NCC[C@@H](C)c1ccccc1. The molecule has 0 aliphatic rings. The van der Waals surface area contributed by atoms with Gasteiger partial charge in [-0.15, -0.1) is 0 Å². The highest BCUT2D eigenvalue weighted by molar-refractivity contribution is 5.97. The van der Waals surface area contributed by atoms with Crippen LogP contribution in [0.5, 0.6) is 0 Å². The molecule has 0 spiro atoms. The van der Waals surface area contributed by atoms with Crippen LogP contribution in [0.4, 0.5) is 0 Å². The second-order valence-corrected chi connectivity index (χ2v) is 5.60. The van der Waals surface area contributed by atoms with E-state index < -0.39 is 6.04 Å². The molecule has 0 aliphatic heterocycles. The van der Waals surface area contributed by atoms with Crippen LogP contribution in [-0.2, 0) is 4.79 Å². The van der Waals surface area contributed by atoms with Crippen LogP contribution in [0.1, 0.15) is 42.1 Å². The standard InChI is InChI=1S/C18H22N2O3/c1-13(15-6-4-3-5-7-15)8-10-19-17(21)14(2)20-18(22)16-9-11-23-12-16/h3-7,9,11-14H,8,10H2,1-2H3,(H,19,21)(H,20,22)/t13-,14+/m1/s1. The van der Waals surface area contributed by atoms with E-state index >= 15 is 0 Å². The number of nitrogens with one attached hydrogen (secondary N) is 2. The molecule has 5 heteroatoms. The molecule has 0 aliphatic carbocycles. The molecule has 0 bridgehead atoms. The molecule has 2 amide bonds. The van der Waals surface area contributed by atoms with Crippen molar-refractivity contribution in [3.63, 3.8) is 0 Å². The topological polar surface area (TPSA) is 71.3 Å². The highest BCUT2D eigenvalue weighted by Gasteiger charge is 2.17. The monoisotopic (exact) mass is 314 g/mol. The van der Waals surface area contributed by atoms with Crippen LogP contribution in [0.25, 0.3) is 0 Å². The van der Waals surface area contributed by atoms with Gasteiger partial charge in [-0.3, -0.25) is 9.59 Å². The first-order chi connectivity index (χ1) is 11.1. The fourth-order valence-corrected chi connectivity index (χ4v) is 2.25. The highest BCUT2D eigenvalue weighted by Crippen LogP contribution is 2.17. The molecule has 2 aromatic rings. The van der Waals surface area contributed by atoms with E-state index in [-0.39, 0.29) is 11.8 Å². The Balaban J connectivity index is 1.73. The summed E-state index contributed by atoms with van der Waals surface area (Å²) in [6.07, 6.45) is 3.62. The smallest absolute Gasteiger partial charge is 0.255 e. The van der Waals surface area contributed by atoms with Gasteiger partial charge in [-0.25, -0.2) is 0 Å². The van der Waals surface area contributed by atoms with E-state index in [1.165, 1.54) is 18.1 Å². The minimum atomic E-state index is -0.593. The van der Waals surface area contributed by atoms with Gasteiger partial charge < -0.3 is 15.1 Å². The Kier molecular flexibility index (Phi) is 5.97. The first-order valence-corrected chi connectivity index (χ1v) is 7.73. The molecule has 1 aromatic carbocycles. The summed E-state index contributed by atoms with van der Waals surface area (Å²) >= 11 is 0. The van der Waals surface area contributed by atoms with E-state index in [0.717, 1.165) is 6.42 Å². The molecule has 0 unspecified atom stereocenters. The maximum absolute atomic E-state index is 12.0. The van der Waals surface area contributed by atoms with Crippen molar-refractivity contribution >= 4 is 11.8 Å². The molecule has 5 nitrogen and oxygen atoms in total. The normalized spacial score (nSPS) is 13.1. The van der Waals surface area contributed by atoms with Gasteiger partial charge in [-0.05, 0) is 30.9 Å². The second-order valence-electron chi connectivity index (χ2n) is 5.60. The van der Waals surface area contributed by atoms with E-state index in [2.05, 4.69) is 29.7 Å². The van der Waals surface area contributed by atoms with Crippen molar-refractivity contribution in [2.24, 2.45) is 0 Å². The van der Waals surface area contributed by atoms with Gasteiger partial charge in [-0.2, -0.15) is 0 Å². The average molecular weight is 314 g/mol. The summed E-state index contributed by atoms with van der Waals surface area (Å²) in [5.74, 6) is -0.145. The minimum Gasteiger partial charge on any atom is -0.472 e. The first-order valence-electron chi connectivity index (χ1n) is 7.73. The Morgan fingerprint density at radius 3 is 2.52 bits per heavy atom. The minimum absolute atomic E-state index is 0.192. The molecular formula is C18H22N2O3. The van der Waals surface area contributed by atoms with E-state index in [1.807, 2.05) is 18.2 Å². The average Bonchev–Trinajstić information content (AvgIpc) is 3.10. The molecule has 23 heavy (non-hydrogen) atoms. The van der Waals surface area contributed by atoms with Gasteiger partial charge in [0.05, 0.1) is 11.8 Å². The number of carbonyl (C=O) groups excluding carboxylic acids is 2. The Bertz CT molecular complexity index is 623. The number of hydrogen-bond acceptors (Lipinski definition) is 3. The van der Waals surface area contributed by atoms with Gasteiger partial charge in [0.2, 0.25) is 5.91 Å². The van der Waals surface area contributed by atoms with Crippen LogP contribution >= 0.6 is 0 Å². The van der Waals surface area contributed by atoms with Gasteiger partial charge in [0.25, 0.3) is 5.91 Å². The zero-order chi connectivity index (χ0) is 16.7. The zero-order valence-corrected chi connectivity index (χ0v) is 13.4. The lowest BCUT2D eigenvalue weighted by atomic mass is 9.98. The summed E-state index contributed by atoms with van der Waals surface area (Å²) in [5, 5.41) is 5.50. The summed E-state index contributed by atoms with van der Waals surface area (Å²) in [5.41, 5.74) is 1.66. The zero-order valence-electron chi connectivity index (χ0n) is 13.4. The quantitative estimate of drug-likeness (QED) is 0.825. The summed E-state index contributed by atoms with van der Waals surface area (Å²) in [6.45, 7) is 4.36. The molecule has 0 radical (unpaired) electrons. The fourth-order valence-electron chi connectivity index (χ4n) is 2.25. The summed E-state index contributed by atoms with van der Waals surface area (Å²) in [4.78, 5) is 23.9. The lowest BCUT2D eigenvalue weighted by Crippen LogP contribution is -2.45. The summed E-state index contributed by atoms with van der Waals surface area (Å²) in [6, 6.07) is 11.1. The molecule has 1 heterocycles. The van der Waals surface area contributed by atoms with Crippen molar-refractivity contribution in [3.8, 4) is 0 Å². The maximum Gasteiger partial charge on any atom is 0.255 e. The number of rotatable bonds is 7. The van der Waals surface area contributed by atoms with Crippen molar-refractivity contribution in [1.29, 1.82) is 0 Å². The van der Waals surface area contributed by atoms with Gasteiger partial charge in [0.1, 0.15) is 12.3 Å². The molecule has 0 fully saturated rings. The predicted octanol–water partition coefficient (Wildman–Crippen LogP) is 2.71. The van der Waals surface area contributed by atoms with Crippen molar-refractivity contribution < 1.29 is 14.0 Å². The van der Waals surface area contributed by atoms with E-state index in [4.69, 9.17) is 4.42 Å². The van der Waals surface area contributed by atoms with Crippen LogP contribution in [-0.4, -0.2) is 24.4 Å². The molecule has 2 N–H and O–H groups in total. The Hall–Kier alpha value is -2.56. The van der Waals surface area contributed by atoms with Gasteiger partial charge in [0, 0.05) is 6.54 Å². The molecule has 2 atom stereocenters. The molecular weight excluding hydrogens is 292 g/mol. The van der Waals surface area contributed by atoms with Crippen LogP contribution < -0.4 is 10.6 Å². The van der Waals surface area contributed by atoms with Crippen LogP contribution in [0.2, 0.25) is 0 Å². The molecule has 0 saturated carbocycles. The van der Waals surface area contributed by atoms with Crippen molar-refractivity contribution in [2.75, 3.05) is 6.54 Å². The number of benzene rings is 1. The second kappa shape index (κ2) is 8.17. The summed E-state index contributed by atoms with van der Waals surface area (Å²) < 4.78 is 4.85. The lowest BCUT2D eigenvalue weighted by Gasteiger charge is -2.16. The third-order valence-corrected chi connectivity index (χ3v) is 3.77. The van der Waals surface area contributed by atoms with E-state index in [0.29, 0.717) is 18.0 Å². The molecule has 0 saturated heterocycles. The van der Waals surface area contributed by atoms with E-state index in [1.54, 1.807) is 13.0 Å². The number of furan rings is 1. The van der Waals surface area contributed by atoms with Gasteiger partial charge >= 0.3 is 0 Å². The largest absolute Gasteiger partial charge is 0.472 e. The maximum atomic E-state index is 12.0. The summed E-state index contributed by atoms with van der Waals surface area (Å²) in [7, 11) is 0. The number of amides is 2. The van der Waals surface area contributed by atoms with Crippen molar-refractivity contribution in [3.05, 3.63) is 60.1 Å². The first kappa shape index (κ1) is 16.8. The Morgan fingerprint density at radius 2 is 1.87 bits per heavy atom. The Labute approximate surface area is 136 Å². The van der Waals surface area contributed by atoms with Crippen LogP contribution in [0.3, 0.4) is 0 Å². The third kappa shape index (κ3) is 4.98. The fraction of sp³-hybridized carbons (Fsp3) is 0.333. The van der Waals surface area contributed by atoms with Gasteiger partial charge in [0.15, 0.2) is 0 Å². The van der Waals surface area contributed by atoms with E-state index in [9.17, 15) is 9.59 Å². The molecule has 122 valence electrons. The van der Waals surface area contributed by atoms with Crippen LogP contribution in [0.15, 0.2) is 53.3 Å². The lowest BCUT2D eigenvalue weighted by molar-refractivity contribution is -0.122. The Morgan fingerprint density at radius 1 is 1.13 bits per heavy atom. The number of hydrogen-bond donors (Lipinski definition) is 2. The molecule has 1 aromatic heterocycles. The highest BCUT2D eigenvalue weighted by atomic mass is 16.3. The molecule has 2 rings (SSSR count). The predicted molar refractivity (Wildman–Crippen MR) is 88.1 cm³/mol. The van der Waals surface area contributed by atoms with Crippen LogP contribution in [0, 0.1) is 0 Å². The third-order valence-electron chi connectivity index (χ3n) is 3.77. The van der Waals surface area contributed by atoms with Crippen molar-refractivity contribution in [1.82, 2.24) is 10.6 Å². The number of carbonyl (C=O) groups is 2. The van der Waals surface area contributed by atoms with Crippen molar-refractivity contribution in [2.45, 2.75) is 32.2 Å².